The second-order valence-corrected chi connectivity index (χ2v) is 5.99. The smallest absolute Gasteiger partial charge is 0.247 e. The van der Waals surface area contributed by atoms with E-state index in [0.29, 0.717) is 24.8 Å². The quantitative estimate of drug-likeness (QED) is 0.856. The van der Waals surface area contributed by atoms with Crippen molar-refractivity contribution in [1.82, 2.24) is 4.98 Å². The maximum atomic E-state index is 12.2. The first-order chi connectivity index (χ1) is 11.1. The Morgan fingerprint density at radius 2 is 2.00 bits per heavy atom. The van der Waals surface area contributed by atoms with Gasteiger partial charge in [0.1, 0.15) is 25.1 Å². The third-order valence-electron chi connectivity index (χ3n) is 3.30. The maximum Gasteiger partial charge on any atom is 0.247 e. The van der Waals surface area contributed by atoms with Crippen LogP contribution in [0.15, 0.2) is 41.0 Å². The zero-order valence-corrected chi connectivity index (χ0v) is 14.1. The highest BCUT2D eigenvalue weighted by Gasteiger charge is 2.16. The van der Waals surface area contributed by atoms with E-state index in [4.69, 9.17) is 9.47 Å². The number of benzene rings is 1. The molecule has 0 bridgehead atoms. The van der Waals surface area contributed by atoms with Gasteiger partial charge in [-0.05, 0) is 47.1 Å². The molecule has 1 atom stereocenters. The number of hydrogen-bond donors (Lipinski definition) is 2. The fourth-order valence-electron chi connectivity index (χ4n) is 2.13. The highest BCUT2D eigenvalue weighted by atomic mass is 79.9. The standard InChI is InChI=1S/C16H16BrN3O3/c1-10(16(21)20-15-5-2-11(17)9-18-15)19-12-3-4-13-14(8-12)23-7-6-22-13/h2-5,8-10,19H,6-7H2,1H3,(H,18,20,21). The fraction of sp³-hybridized carbons (Fsp3) is 0.250. The summed E-state index contributed by atoms with van der Waals surface area (Å²) in [5, 5.41) is 5.90. The van der Waals surface area contributed by atoms with Gasteiger partial charge in [-0.2, -0.15) is 0 Å². The molecule has 2 heterocycles. The molecular formula is C16H16BrN3O3. The number of halogens is 1. The molecule has 120 valence electrons. The minimum Gasteiger partial charge on any atom is -0.486 e. The monoisotopic (exact) mass is 377 g/mol. The minimum absolute atomic E-state index is 0.172. The molecule has 1 aliphatic rings. The van der Waals surface area contributed by atoms with E-state index in [-0.39, 0.29) is 5.91 Å². The number of amides is 1. The Labute approximate surface area is 142 Å². The summed E-state index contributed by atoms with van der Waals surface area (Å²) in [5.74, 6) is 1.74. The summed E-state index contributed by atoms with van der Waals surface area (Å²) in [4.78, 5) is 16.3. The molecule has 1 amide bonds. The predicted molar refractivity (Wildman–Crippen MR) is 91.1 cm³/mol. The van der Waals surface area contributed by atoms with E-state index in [0.717, 1.165) is 15.9 Å². The van der Waals surface area contributed by atoms with E-state index in [1.165, 1.54) is 0 Å². The average Bonchev–Trinajstić information content (AvgIpc) is 2.56. The van der Waals surface area contributed by atoms with Crippen LogP contribution in [-0.2, 0) is 4.79 Å². The van der Waals surface area contributed by atoms with Crippen molar-refractivity contribution in [3.05, 3.63) is 41.0 Å². The van der Waals surface area contributed by atoms with E-state index in [1.54, 1.807) is 19.2 Å². The molecule has 0 fully saturated rings. The summed E-state index contributed by atoms with van der Waals surface area (Å²) >= 11 is 3.31. The Hall–Kier alpha value is -2.28. The van der Waals surface area contributed by atoms with Gasteiger partial charge in [0, 0.05) is 22.4 Å². The van der Waals surface area contributed by atoms with Gasteiger partial charge in [-0.1, -0.05) is 0 Å². The Bertz CT molecular complexity index is 706. The van der Waals surface area contributed by atoms with Gasteiger partial charge in [0.25, 0.3) is 0 Å². The van der Waals surface area contributed by atoms with Gasteiger partial charge >= 0.3 is 0 Å². The normalized spacial score (nSPS) is 14.0. The van der Waals surface area contributed by atoms with Gasteiger partial charge in [0.2, 0.25) is 5.91 Å². The molecule has 0 saturated carbocycles. The van der Waals surface area contributed by atoms with Crippen LogP contribution in [-0.4, -0.2) is 30.1 Å². The highest BCUT2D eigenvalue weighted by molar-refractivity contribution is 9.10. The van der Waals surface area contributed by atoms with E-state index < -0.39 is 6.04 Å². The molecular weight excluding hydrogens is 362 g/mol. The maximum absolute atomic E-state index is 12.2. The molecule has 0 radical (unpaired) electrons. The topological polar surface area (TPSA) is 72.5 Å². The van der Waals surface area contributed by atoms with Crippen molar-refractivity contribution < 1.29 is 14.3 Å². The molecule has 0 spiro atoms. The summed E-state index contributed by atoms with van der Waals surface area (Å²) in [7, 11) is 0. The number of nitrogens with one attached hydrogen (secondary N) is 2. The van der Waals surface area contributed by atoms with Crippen molar-refractivity contribution in [1.29, 1.82) is 0 Å². The molecule has 2 aromatic rings. The van der Waals surface area contributed by atoms with Crippen molar-refractivity contribution in [2.75, 3.05) is 23.8 Å². The number of rotatable bonds is 4. The third-order valence-corrected chi connectivity index (χ3v) is 3.77. The van der Waals surface area contributed by atoms with Gasteiger partial charge in [-0.25, -0.2) is 4.98 Å². The Kier molecular flexibility index (Phi) is 4.66. The molecule has 1 aromatic carbocycles. The lowest BCUT2D eigenvalue weighted by molar-refractivity contribution is -0.116. The molecule has 1 aliphatic heterocycles. The number of pyridine rings is 1. The summed E-state index contributed by atoms with van der Waals surface area (Å²) in [5.41, 5.74) is 0.792. The number of carbonyl (C=O) groups is 1. The molecule has 2 N–H and O–H groups in total. The minimum atomic E-state index is -0.428. The van der Waals surface area contributed by atoms with Crippen LogP contribution in [0.3, 0.4) is 0 Å². The lowest BCUT2D eigenvalue weighted by Gasteiger charge is -2.20. The number of fused-ring (bicyclic) bond motifs is 1. The first-order valence-corrected chi connectivity index (χ1v) is 8.00. The van der Waals surface area contributed by atoms with Crippen molar-refractivity contribution in [3.8, 4) is 11.5 Å². The molecule has 1 unspecified atom stereocenters. The number of carbonyl (C=O) groups excluding carboxylic acids is 1. The number of hydrogen-bond acceptors (Lipinski definition) is 5. The number of ether oxygens (including phenoxy) is 2. The molecule has 7 heteroatoms. The number of nitrogens with zero attached hydrogens (tertiary/aromatic N) is 1. The Morgan fingerprint density at radius 3 is 2.74 bits per heavy atom. The zero-order valence-electron chi connectivity index (χ0n) is 12.5. The SMILES string of the molecule is CC(Nc1ccc2c(c1)OCCO2)C(=O)Nc1ccc(Br)cn1. The lowest BCUT2D eigenvalue weighted by atomic mass is 10.2. The molecule has 1 aromatic heterocycles. The highest BCUT2D eigenvalue weighted by Crippen LogP contribution is 2.32. The van der Waals surface area contributed by atoms with Crippen molar-refractivity contribution in [2.24, 2.45) is 0 Å². The third kappa shape index (κ3) is 3.92. The van der Waals surface area contributed by atoms with Crippen molar-refractivity contribution in [2.45, 2.75) is 13.0 Å². The molecule has 23 heavy (non-hydrogen) atoms. The van der Waals surface area contributed by atoms with Crippen LogP contribution in [0.25, 0.3) is 0 Å². The molecule has 3 rings (SSSR count). The summed E-state index contributed by atoms with van der Waals surface area (Å²) < 4.78 is 11.9. The first kappa shape index (κ1) is 15.6. The largest absolute Gasteiger partial charge is 0.486 e. The van der Waals surface area contributed by atoms with Gasteiger partial charge in [0.05, 0.1) is 0 Å². The second kappa shape index (κ2) is 6.87. The van der Waals surface area contributed by atoms with Crippen LogP contribution < -0.4 is 20.1 Å². The van der Waals surface area contributed by atoms with E-state index >= 15 is 0 Å². The number of anilines is 2. The van der Waals surface area contributed by atoms with E-state index in [2.05, 4.69) is 31.5 Å². The van der Waals surface area contributed by atoms with Crippen LogP contribution in [0.1, 0.15) is 6.92 Å². The van der Waals surface area contributed by atoms with Crippen molar-refractivity contribution >= 4 is 33.3 Å². The Balaban J connectivity index is 1.62. The summed E-state index contributed by atoms with van der Waals surface area (Å²) in [6, 6.07) is 8.65. The van der Waals surface area contributed by atoms with E-state index in [1.807, 2.05) is 24.3 Å². The van der Waals surface area contributed by atoms with Gasteiger partial charge in [-0.3, -0.25) is 4.79 Å². The second-order valence-electron chi connectivity index (χ2n) is 5.08. The van der Waals surface area contributed by atoms with Gasteiger partial charge < -0.3 is 20.1 Å². The molecule has 0 saturated heterocycles. The fourth-order valence-corrected chi connectivity index (χ4v) is 2.37. The van der Waals surface area contributed by atoms with Crippen LogP contribution in [0.4, 0.5) is 11.5 Å². The number of aromatic nitrogens is 1. The Morgan fingerprint density at radius 1 is 1.22 bits per heavy atom. The summed E-state index contributed by atoms with van der Waals surface area (Å²) in [6.45, 7) is 2.87. The van der Waals surface area contributed by atoms with Crippen LogP contribution in [0, 0.1) is 0 Å². The van der Waals surface area contributed by atoms with Crippen LogP contribution >= 0.6 is 15.9 Å². The molecule has 0 aliphatic carbocycles. The lowest BCUT2D eigenvalue weighted by Crippen LogP contribution is -2.32. The van der Waals surface area contributed by atoms with Crippen molar-refractivity contribution in [3.63, 3.8) is 0 Å². The molecule has 6 nitrogen and oxygen atoms in total. The first-order valence-electron chi connectivity index (χ1n) is 7.20. The van der Waals surface area contributed by atoms with E-state index in [9.17, 15) is 4.79 Å². The zero-order chi connectivity index (χ0) is 16.2. The van der Waals surface area contributed by atoms with Gasteiger partial charge in [-0.15, -0.1) is 0 Å². The predicted octanol–water partition coefficient (Wildman–Crippen LogP) is 3.05. The van der Waals surface area contributed by atoms with Crippen LogP contribution in [0.2, 0.25) is 0 Å². The summed E-state index contributed by atoms with van der Waals surface area (Å²) in [6.07, 6.45) is 1.63. The van der Waals surface area contributed by atoms with Crippen LogP contribution in [0.5, 0.6) is 11.5 Å². The van der Waals surface area contributed by atoms with Gasteiger partial charge in [0.15, 0.2) is 11.5 Å². The average molecular weight is 378 g/mol.